The maximum absolute atomic E-state index is 14.3. The van der Waals surface area contributed by atoms with E-state index in [-0.39, 0.29) is 29.2 Å². The normalized spacial score (nSPS) is 25.3. The number of carbonyl (C=O) groups is 1. The zero-order valence-electron chi connectivity index (χ0n) is 24.8. The van der Waals surface area contributed by atoms with Crippen molar-refractivity contribution in [3.63, 3.8) is 0 Å². The summed E-state index contributed by atoms with van der Waals surface area (Å²) in [5, 5.41) is 14.9. The molecule has 0 amide bonds. The molecular formula is C32H46F2N4O2. The van der Waals surface area contributed by atoms with Crippen LogP contribution in [0.2, 0.25) is 0 Å². The predicted molar refractivity (Wildman–Crippen MR) is 153 cm³/mol. The van der Waals surface area contributed by atoms with Crippen molar-refractivity contribution in [2.45, 2.75) is 103 Å². The van der Waals surface area contributed by atoms with Crippen LogP contribution in [0.15, 0.2) is 18.2 Å². The lowest BCUT2D eigenvalue weighted by Gasteiger charge is -2.41. The summed E-state index contributed by atoms with van der Waals surface area (Å²) in [6.45, 7) is 12.0. The van der Waals surface area contributed by atoms with E-state index in [2.05, 4.69) is 23.4 Å². The molecule has 0 bridgehead atoms. The van der Waals surface area contributed by atoms with Gasteiger partial charge in [-0.05, 0) is 113 Å². The van der Waals surface area contributed by atoms with Gasteiger partial charge >= 0.3 is 5.97 Å². The predicted octanol–water partition coefficient (Wildman–Crippen LogP) is 5.63. The van der Waals surface area contributed by atoms with Gasteiger partial charge in [0.1, 0.15) is 17.7 Å². The third-order valence-electron chi connectivity index (χ3n) is 10.3. The summed E-state index contributed by atoms with van der Waals surface area (Å²) >= 11 is 0. The van der Waals surface area contributed by atoms with E-state index in [1.54, 1.807) is 0 Å². The molecule has 220 valence electrons. The van der Waals surface area contributed by atoms with Gasteiger partial charge in [-0.3, -0.25) is 14.4 Å². The van der Waals surface area contributed by atoms with Crippen LogP contribution in [0, 0.1) is 23.5 Å². The van der Waals surface area contributed by atoms with E-state index in [1.807, 2.05) is 25.8 Å². The lowest BCUT2D eigenvalue weighted by Crippen LogP contribution is -2.47. The average Bonchev–Trinajstić information content (AvgIpc) is 3.58. The molecule has 1 saturated heterocycles. The number of aromatic nitrogens is 2. The van der Waals surface area contributed by atoms with Crippen LogP contribution in [-0.4, -0.2) is 69.4 Å². The number of carboxylic acids is 1. The molecule has 1 saturated carbocycles. The average molecular weight is 557 g/mol. The number of rotatable bonds is 9. The quantitative estimate of drug-likeness (QED) is 0.434. The first kappa shape index (κ1) is 29.2. The van der Waals surface area contributed by atoms with Gasteiger partial charge in [-0.2, -0.15) is 5.10 Å². The van der Waals surface area contributed by atoms with Crippen molar-refractivity contribution in [3.8, 4) is 0 Å². The molecule has 1 N–H and O–H groups in total. The highest BCUT2D eigenvalue weighted by Gasteiger charge is 2.47. The van der Waals surface area contributed by atoms with Gasteiger partial charge in [0.05, 0.1) is 5.69 Å². The van der Waals surface area contributed by atoms with Crippen LogP contribution >= 0.6 is 0 Å². The molecule has 1 aromatic carbocycles. The smallest absolute Gasteiger partial charge is 0.321 e. The number of aliphatic carboxylic acids is 1. The summed E-state index contributed by atoms with van der Waals surface area (Å²) < 4.78 is 30.9. The third kappa shape index (κ3) is 5.34. The first-order chi connectivity index (χ1) is 19.1. The molecule has 5 rings (SSSR count). The fourth-order valence-electron chi connectivity index (χ4n) is 8.37. The standard InChI is InChI=1S/C32H46F2N4O2/c1-6-28-26-8-9-32(30(26)38(7-2)35-28)10-12-37(13-11-32)19-22-16-25(36(5)29(20(3)4)31(39)40)18-27(22)21-14-23(33)17-24(34)15-21/h14-15,17,20,22,25,27,29H,6-13,16,18-19H2,1-5H3,(H,39,40)/t22?,25?,27-,29-/m1/s1. The van der Waals surface area contributed by atoms with E-state index in [9.17, 15) is 18.7 Å². The number of likely N-dealkylation sites (N-methyl/N-ethyl adjacent to an activating group) is 1. The van der Waals surface area contributed by atoms with E-state index >= 15 is 0 Å². The minimum atomic E-state index is -0.816. The minimum Gasteiger partial charge on any atom is -0.480 e. The number of halogens is 2. The van der Waals surface area contributed by atoms with Crippen molar-refractivity contribution in [3.05, 3.63) is 52.3 Å². The number of benzene rings is 1. The first-order valence-electron chi connectivity index (χ1n) is 15.3. The van der Waals surface area contributed by atoms with E-state index < -0.39 is 23.6 Å². The molecule has 4 atom stereocenters. The van der Waals surface area contributed by atoms with Crippen LogP contribution in [-0.2, 0) is 29.6 Å². The second-order valence-corrected chi connectivity index (χ2v) is 12.9. The van der Waals surface area contributed by atoms with Gasteiger partial charge < -0.3 is 10.0 Å². The van der Waals surface area contributed by atoms with Crippen LogP contribution in [0.3, 0.4) is 0 Å². The van der Waals surface area contributed by atoms with Gasteiger partial charge in [-0.1, -0.05) is 20.8 Å². The molecule has 2 unspecified atom stereocenters. The fraction of sp³-hybridized carbons (Fsp3) is 0.688. The Morgan fingerprint density at radius 2 is 1.80 bits per heavy atom. The summed E-state index contributed by atoms with van der Waals surface area (Å²) in [4.78, 5) is 16.6. The van der Waals surface area contributed by atoms with E-state index in [1.165, 1.54) is 35.5 Å². The highest BCUT2D eigenvalue weighted by atomic mass is 19.1. The zero-order valence-corrected chi connectivity index (χ0v) is 24.8. The Hall–Kier alpha value is -2.32. The van der Waals surface area contributed by atoms with Crippen LogP contribution in [0.25, 0.3) is 0 Å². The Labute approximate surface area is 237 Å². The van der Waals surface area contributed by atoms with E-state index in [4.69, 9.17) is 5.10 Å². The van der Waals surface area contributed by atoms with E-state index in [0.717, 1.165) is 64.3 Å². The van der Waals surface area contributed by atoms with Crippen molar-refractivity contribution in [1.29, 1.82) is 0 Å². The van der Waals surface area contributed by atoms with Gasteiger partial charge in [-0.25, -0.2) is 8.78 Å². The monoisotopic (exact) mass is 556 g/mol. The van der Waals surface area contributed by atoms with Crippen molar-refractivity contribution >= 4 is 5.97 Å². The van der Waals surface area contributed by atoms with Crippen molar-refractivity contribution in [1.82, 2.24) is 19.6 Å². The Balaban J connectivity index is 1.34. The number of aryl methyl sites for hydroxylation is 2. The minimum absolute atomic E-state index is 0.0122. The maximum Gasteiger partial charge on any atom is 0.321 e. The number of carboxylic acid groups (broad SMARTS) is 1. The number of fused-ring (bicyclic) bond motifs is 2. The number of hydrogen-bond donors (Lipinski definition) is 1. The second-order valence-electron chi connectivity index (χ2n) is 12.9. The fourth-order valence-corrected chi connectivity index (χ4v) is 8.37. The van der Waals surface area contributed by atoms with Crippen LogP contribution < -0.4 is 0 Å². The highest BCUT2D eigenvalue weighted by Crippen LogP contribution is 2.49. The molecular weight excluding hydrogens is 510 g/mol. The Kier molecular flexibility index (Phi) is 8.40. The molecule has 6 nitrogen and oxygen atoms in total. The molecule has 1 spiro atoms. The lowest BCUT2D eigenvalue weighted by atomic mass is 9.75. The van der Waals surface area contributed by atoms with Crippen LogP contribution in [0.1, 0.15) is 88.2 Å². The number of nitrogens with zero attached hydrogens (tertiary/aromatic N) is 4. The third-order valence-corrected chi connectivity index (χ3v) is 10.3. The number of hydrogen-bond acceptors (Lipinski definition) is 4. The maximum atomic E-state index is 14.3. The molecule has 3 aliphatic rings. The molecule has 2 fully saturated rings. The highest BCUT2D eigenvalue weighted by molar-refractivity contribution is 5.73. The molecule has 0 radical (unpaired) electrons. The molecule has 2 heterocycles. The first-order valence-corrected chi connectivity index (χ1v) is 15.3. The molecule has 8 heteroatoms. The SMILES string of the molecule is CCc1nn(CC)c2c1CCC21CCN(CC2CC(N(C)[C@@H](C(=O)O)C(C)C)C[C@@H]2c2cc(F)cc(F)c2)CC1. The number of piperidine rings is 1. The molecule has 1 aliphatic heterocycles. The molecule has 2 aliphatic carbocycles. The van der Waals surface area contributed by atoms with Gasteiger partial charge in [-0.15, -0.1) is 0 Å². The van der Waals surface area contributed by atoms with Crippen molar-refractivity contribution in [2.24, 2.45) is 11.8 Å². The zero-order chi connectivity index (χ0) is 28.8. The lowest BCUT2D eigenvalue weighted by molar-refractivity contribution is -0.145. The van der Waals surface area contributed by atoms with Gasteiger partial charge in [0.15, 0.2) is 0 Å². The van der Waals surface area contributed by atoms with E-state index in [0.29, 0.717) is 12.0 Å². The Morgan fingerprint density at radius 3 is 2.38 bits per heavy atom. The summed E-state index contributed by atoms with van der Waals surface area (Å²) in [5.41, 5.74) is 5.14. The Bertz CT molecular complexity index is 1200. The molecule has 40 heavy (non-hydrogen) atoms. The molecule has 1 aromatic heterocycles. The van der Waals surface area contributed by atoms with Gasteiger partial charge in [0.2, 0.25) is 0 Å². The van der Waals surface area contributed by atoms with Gasteiger partial charge in [0, 0.05) is 36.3 Å². The largest absolute Gasteiger partial charge is 0.480 e. The van der Waals surface area contributed by atoms with Crippen LogP contribution in [0.5, 0.6) is 0 Å². The summed E-state index contributed by atoms with van der Waals surface area (Å²) in [6, 6.07) is 3.34. The number of likely N-dealkylation sites (tertiary alicyclic amines) is 1. The molecule has 2 aromatic rings. The topological polar surface area (TPSA) is 61.6 Å². The van der Waals surface area contributed by atoms with Crippen molar-refractivity contribution in [2.75, 3.05) is 26.7 Å². The van der Waals surface area contributed by atoms with Gasteiger partial charge in [0.25, 0.3) is 0 Å². The summed E-state index contributed by atoms with van der Waals surface area (Å²) in [5.74, 6) is -1.76. The van der Waals surface area contributed by atoms with Crippen LogP contribution in [0.4, 0.5) is 8.78 Å². The summed E-state index contributed by atoms with van der Waals surface area (Å²) in [7, 11) is 1.90. The Morgan fingerprint density at radius 1 is 1.12 bits per heavy atom. The summed E-state index contributed by atoms with van der Waals surface area (Å²) in [6.07, 6.45) is 7.06. The van der Waals surface area contributed by atoms with Crippen molar-refractivity contribution < 1.29 is 18.7 Å². The second kappa shape index (κ2) is 11.5.